The predicted molar refractivity (Wildman–Crippen MR) is 70.4 cm³/mol. The molecule has 6 heteroatoms. The molecule has 0 atom stereocenters. The van der Waals surface area contributed by atoms with Crippen molar-refractivity contribution in [3.05, 3.63) is 20.7 Å². The number of thioether (sulfide) groups is 1. The van der Waals surface area contributed by atoms with Gasteiger partial charge in [-0.25, -0.2) is 0 Å². The minimum Gasteiger partial charge on any atom is -0.360 e. The van der Waals surface area contributed by atoms with E-state index in [0.29, 0.717) is 6.54 Å². The highest BCUT2D eigenvalue weighted by atomic mass is 32.2. The molecule has 4 nitrogen and oxygen atoms in total. The topological polar surface area (TPSA) is 57.2 Å². The Labute approximate surface area is 103 Å². The molecule has 0 unspecified atom stereocenters. The number of H-pyrrole nitrogens is 1. The lowest BCUT2D eigenvalue weighted by Gasteiger charge is -2.32. The van der Waals surface area contributed by atoms with E-state index >= 15 is 0 Å². The van der Waals surface area contributed by atoms with Crippen LogP contribution in [0.15, 0.2) is 15.2 Å². The second-order valence-corrected chi connectivity index (χ2v) is 6.33. The summed E-state index contributed by atoms with van der Waals surface area (Å²) in [5.74, 6) is 1.10. The molecule has 0 bridgehead atoms. The molecule has 0 spiro atoms. The Bertz CT molecular complexity index is 447. The Morgan fingerprint density at radius 3 is 3.00 bits per heavy atom. The number of hydrogen-bond donors (Lipinski definition) is 2. The first-order valence-electron chi connectivity index (χ1n) is 5.17. The number of thiazole rings is 1. The number of hydrogen-bond acceptors (Lipinski definition) is 4. The van der Waals surface area contributed by atoms with Crippen LogP contribution in [0.1, 0.15) is 26.0 Å². The van der Waals surface area contributed by atoms with E-state index in [2.05, 4.69) is 29.1 Å². The van der Waals surface area contributed by atoms with Gasteiger partial charge in [0.15, 0.2) is 5.17 Å². The van der Waals surface area contributed by atoms with Crippen LogP contribution >= 0.6 is 23.1 Å². The van der Waals surface area contributed by atoms with E-state index < -0.39 is 0 Å². The summed E-state index contributed by atoms with van der Waals surface area (Å²) < 4.78 is 0. The Kier molecular flexibility index (Phi) is 3.39. The van der Waals surface area contributed by atoms with Crippen molar-refractivity contribution in [2.24, 2.45) is 4.99 Å². The van der Waals surface area contributed by atoms with E-state index in [-0.39, 0.29) is 10.4 Å². The molecule has 1 fully saturated rings. The summed E-state index contributed by atoms with van der Waals surface area (Å²) in [6.45, 7) is 4.90. The first kappa shape index (κ1) is 11.7. The highest BCUT2D eigenvalue weighted by molar-refractivity contribution is 8.13. The summed E-state index contributed by atoms with van der Waals surface area (Å²) >= 11 is 2.93. The summed E-state index contributed by atoms with van der Waals surface area (Å²) in [6.07, 6.45) is 1.14. The van der Waals surface area contributed by atoms with Gasteiger partial charge in [0, 0.05) is 16.7 Å². The van der Waals surface area contributed by atoms with Crippen molar-refractivity contribution in [2.45, 2.75) is 32.4 Å². The quantitative estimate of drug-likeness (QED) is 0.849. The summed E-state index contributed by atoms with van der Waals surface area (Å²) in [5.41, 5.74) is 1.01. The van der Waals surface area contributed by atoms with Gasteiger partial charge < -0.3 is 10.3 Å². The summed E-state index contributed by atoms with van der Waals surface area (Å²) in [4.78, 5) is 18.1. The van der Waals surface area contributed by atoms with Gasteiger partial charge in [-0.1, -0.05) is 23.1 Å². The third-order valence-corrected chi connectivity index (χ3v) is 4.01. The molecule has 2 rings (SSSR count). The Balaban J connectivity index is 1.99. The Morgan fingerprint density at radius 1 is 1.56 bits per heavy atom. The van der Waals surface area contributed by atoms with Crippen LogP contribution < -0.4 is 10.2 Å². The van der Waals surface area contributed by atoms with Gasteiger partial charge in [0.05, 0.1) is 12.2 Å². The molecule has 1 aromatic rings. The molecule has 1 aliphatic rings. The van der Waals surface area contributed by atoms with Crippen molar-refractivity contribution in [1.29, 1.82) is 0 Å². The highest BCUT2D eigenvalue weighted by Gasteiger charge is 2.23. The zero-order chi connectivity index (χ0) is 11.6. The SMILES string of the molecule is CC1(C)CCSC(=NCc2csc(=O)[nH]2)N1. The van der Waals surface area contributed by atoms with Crippen molar-refractivity contribution in [1.82, 2.24) is 10.3 Å². The van der Waals surface area contributed by atoms with Crippen LogP contribution in [0.3, 0.4) is 0 Å². The van der Waals surface area contributed by atoms with Gasteiger partial charge in [-0.05, 0) is 20.3 Å². The summed E-state index contributed by atoms with van der Waals surface area (Å²) in [7, 11) is 0. The van der Waals surface area contributed by atoms with E-state index in [1.165, 1.54) is 11.3 Å². The molecule has 1 saturated heterocycles. The van der Waals surface area contributed by atoms with E-state index in [1.807, 2.05) is 5.38 Å². The number of nitrogens with one attached hydrogen (secondary N) is 2. The molecular weight excluding hydrogens is 242 g/mol. The van der Waals surface area contributed by atoms with Crippen LogP contribution in [-0.4, -0.2) is 21.4 Å². The monoisotopic (exact) mass is 257 g/mol. The zero-order valence-electron chi connectivity index (χ0n) is 9.37. The molecular formula is C10H15N3OS2. The second-order valence-electron chi connectivity index (χ2n) is 4.40. The average Bonchev–Trinajstić information content (AvgIpc) is 2.60. The molecule has 0 aromatic carbocycles. The van der Waals surface area contributed by atoms with Gasteiger partial charge in [-0.15, -0.1) is 0 Å². The predicted octanol–water partition coefficient (Wildman–Crippen LogP) is 1.80. The van der Waals surface area contributed by atoms with Crippen molar-refractivity contribution < 1.29 is 0 Å². The number of aliphatic imine (C=N–C) groups is 1. The van der Waals surface area contributed by atoms with Gasteiger partial charge in [-0.2, -0.15) is 0 Å². The van der Waals surface area contributed by atoms with Gasteiger partial charge in [0.1, 0.15) is 0 Å². The second kappa shape index (κ2) is 4.63. The Morgan fingerprint density at radius 2 is 2.38 bits per heavy atom. The lowest BCUT2D eigenvalue weighted by Crippen LogP contribution is -2.46. The lowest BCUT2D eigenvalue weighted by molar-refractivity contribution is 0.446. The van der Waals surface area contributed by atoms with Gasteiger partial charge >= 0.3 is 4.87 Å². The Hall–Kier alpha value is -0.750. The molecule has 1 aromatic heterocycles. The van der Waals surface area contributed by atoms with Crippen LogP contribution in [0.4, 0.5) is 0 Å². The van der Waals surface area contributed by atoms with Gasteiger partial charge in [-0.3, -0.25) is 9.79 Å². The zero-order valence-corrected chi connectivity index (χ0v) is 11.0. The third kappa shape index (κ3) is 3.12. The van der Waals surface area contributed by atoms with Crippen molar-refractivity contribution in [2.75, 3.05) is 5.75 Å². The highest BCUT2D eigenvalue weighted by Crippen LogP contribution is 2.21. The van der Waals surface area contributed by atoms with Crippen LogP contribution in [0, 0.1) is 0 Å². The maximum Gasteiger partial charge on any atom is 0.304 e. The number of nitrogens with zero attached hydrogens (tertiary/aromatic N) is 1. The summed E-state index contributed by atoms with van der Waals surface area (Å²) in [5, 5.41) is 6.19. The fourth-order valence-corrected chi connectivity index (χ4v) is 3.31. The molecule has 0 radical (unpaired) electrons. The maximum absolute atomic E-state index is 10.9. The normalized spacial score (nSPS) is 22.0. The van der Waals surface area contributed by atoms with E-state index in [0.717, 1.165) is 23.0 Å². The molecule has 16 heavy (non-hydrogen) atoms. The van der Waals surface area contributed by atoms with E-state index in [1.54, 1.807) is 11.8 Å². The third-order valence-electron chi connectivity index (χ3n) is 2.38. The van der Waals surface area contributed by atoms with Crippen LogP contribution in [0.2, 0.25) is 0 Å². The van der Waals surface area contributed by atoms with Crippen molar-refractivity contribution in [3.8, 4) is 0 Å². The minimum absolute atomic E-state index is 0.0141. The molecule has 88 valence electrons. The number of aromatic amines is 1. The molecule has 2 N–H and O–H groups in total. The lowest BCUT2D eigenvalue weighted by atomic mass is 10.0. The van der Waals surface area contributed by atoms with Crippen LogP contribution in [-0.2, 0) is 6.54 Å². The smallest absolute Gasteiger partial charge is 0.304 e. The number of aromatic nitrogens is 1. The van der Waals surface area contributed by atoms with Gasteiger partial charge in [0.25, 0.3) is 0 Å². The largest absolute Gasteiger partial charge is 0.360 e. The molecule has 1 aliphatic heterocycles. The molecule has 0 amide bonds. The number of rotatable bonds is 2. The molecule has 2 heterocycles. The van der Waals surface area contributed by atoms with E-state index in [4.69, 9.17) is 0 Å². The number of amidine groups is 1. The summed E-state index contributed by atoms with van der Waals surface area (Å²) in [6, 6.07) is 0. The van der Waals surface area contributed by atoms with Crippen molar-refractivity contribution in [3.63, 3.8) is 0 Å². The molecule has 0 aliphatic carbocycles. The maximum atomic E-state index is 10.9. The standard InChI is InChI=1S/C10H15N3OS2/c1-10(2)3-4-15-8(13-10)11-5-7-6-16-9(14)12-7/h6H,3-5H2,1-2H3,(H,11,13)(H,12,14). The fraction of sp³-hybridized carbons (Fsp3) is 0.600. The minimum atomic E-state index is -0.0141. The first-order chi connectivity index (χ1) is 7.55. The van der Waals surface area contributed by atoms with Crippen molar-refractivity contribution >= 4 is 28.3 Å². The fourth-order valence-electron chi connectivity index (χ4n) is 1.42. The average molecular weight is 257 g/mol. The first-order valence-corrected chi connectivity index (χ1v) is 7.04. The van der Waals surface area contributed by atoms with Crippen LogP contribution in [0.25, 0.3) is 0 Å². The van der Waals surface area contributed by atoms with Gasteiger partial charge in [0.2, 0.25) is 0 Å². The molecule has 0 saturated carbocycles. The van der Waals surface area contributed by atoms with E-state index in [9.17, 15) is 4.79 Å². The van der Waals surface area contributed by atoms with Crippen LogP contribution in [0.5, 0.6) is 0 Å².